The van der Waals surface area contributed by atoms with Gasteiger partial charge in [-0.1, -0.05) is 24.6 Å². The summed E-state index contributed by atoms with van der Waals surface area (Å²) in [5, 5.41) is 9.36. The molecule has 0 radical (unpaired) electrons. The average molecular weight is 261 g/mol. The maximum atomic E-state index is 11.4. The summed E-state index contributed by atoms with van der Waals surface area (Å²) in [5.41, 5.74) is 3.77. The Bertz CT molecular complexity index is 470. The van der Waals surface area contributed by atoms with E-state index in [9.17, 15) is 9.90 Å². The number of carbonyl (C=O) groups is 1. The quantitative estimate of drug-likeness (QED) is 0.907. The van der Waals surface area contributed by atoms with Crippen molar-refractivity contribution in [2.24, 2.45) is 0 Å². The molecule has 3 heteroatoms. The zero-order valence-electron chi connectivity index (χ0n) is 12.0. The molecule has 1 N–H and O–H groups in total. The second kappa shape index (κ2) is 5.74. The number of carboxylic acids is 1. The third-order valence-corrected chi connectivity index (χ3v) is 4.34. The smallest absolute Gasteiger partial charge is 0.320 e. The number of hydrogen-bond acceptors (Lipinski definition) is 2. The van der Waals surface area contributed by atoms with E-state index in [4.69, 9.17) is 0 Å². The molecule has 0 aromatic heterocycles. The molecule has 0 bridgehead atoms. The van der Waals surface area contributed by atoms with Crippen LogP contribution in [0.1, 0.15) is 48.9 Å². The third kappa shape index (κ3) is 2.98. The van der Waals surface area contributed by atoms with Crippen molar-refractivity contribution in [2.45, 2.75) is 52.1 Å². The van der Waals surface area contributed by atoms with E-state index in [0.29, 0.717) is 0 Å². The normalized spacial score (nSPS) is 22.2. The molecule has 19 heavy (non-hydrogen) atoms. The fourth-order valence-electron chi connectivity index (χ4n) is 2.90. The third-order valence-electron chi connectivity index (χ3n) is 4.34. The highest BCUT2D eigenvalue weighted by molar-refractivity contribution is 5.73. The van der Waals surface area contributed by atoms with Gasteiger partial charge in [-0.15, -0.1) is 0 Å². The van der Waals surface area contributed by atoms with E-state index in [1.54, 1.807) is 0 Å². The lowest BCUT2D eigenvalue weighted by atomic mass is 9.95. The van der Waals surface area contributed by atoms with E-state index < -0.39 is 5.97 Å². The minimum Gasteiger partial charge on any atom is -0.480 e. The number of likely N-dealkylation sites (tertiary alicyclic amines) is 1. The Labute approximate surface area is 115 Å². The first-order valence-electron chi connectivity index (χ1n) is 7.06. The van der Waals surface area contributed by atoms with Crippen LogP contribution in [0.4, 0.5) is 0 Å². The lowest BCUT2D eigenvalue weighted by molar-refractivity contribution is -0.145. The van der Waals surface area contributed by atoms with Crippen molar-refractivity contribution < 1.29 is 9.90 Å². The first-order chi connectivity index (χ1) is 9.00. The molecule has 1 aliphatic heterocycles. The maximum absolute atomic E-state index is 11.4. The Hall–Kier alpha value is -1.35. The van der Waals surface area contributed by atoms with E-state index >= 15 is 0 Å². The van der Waals surface area contributed by atoms with Crippen molar-refractivity contribution in [3.8, 4) is 0 Å². The Morgan fingerprint density at radius 3 is 2.68 bits per heavy atom. The van der Waals surface area contributed by atoms with E-state index in [0.717, 1.165) is 25.8 Å². The predicted octanol–water partition coefficient (Wildman–Crippen LogP) is 3.30. The van der Waals surface area contributed by atoms with E-state index in [2.05, 4.69) is 43.9 Å². The number of hydrogen-bond donors (Lipinski definition) is 1. The second-order valence-electron chi connectivity index (χ2n) is 5.61. The molecule has 1 aliphatic rings. The largest absolute Gasteiger partial charge is 0.480 e. The number of carboxylic acid groups (broad SMARTS) is 1. The van der Waals surface area contributed by atoms with Gasteiger partial charge in [-0.05, 0) is 56.8 Å². The van der Waals surface area contributed by atoms with Crippen molar-refractivity contribution in [1.82, 2.24) is 4.90 Å². The Balaban J connectivity index is 2.23. The summed E-state index contributed by atoms with van der Waals surface area (Å²) < 4.78 is 0. The standard InChI is InChI=1S/C16H23NO2/c1-11-7-8-14(10-12(11)2)13(3)17-9-5-4-6-15(17)16(18)19/h7-8,10,13,15H,4-6,9H2,1-3H3,(H,18,19). The molecule has 3 nitrogen and oxygen atoms in total. The zero-order valence-corrected chi connectivity index (χ0v) is 12.0. The molecule has 0 spiro atoms. The van der Waals surface area contributed by atoms with Gasteiger partial charge < -0.3 is 5.11 Å². The van der Waals surface area contributed by atoms with Gasteiger partial charge in [0.1, 0.15) is 6.04 Å². The molecule has 0 amide bonds. The van der Waals surface area contributed by atoms with Crippen LogP contribution in [0.5, 0.6) is 0 Å². The molecule has 2 atom stereocenters. The summed E-state index contributed by atoms with van der Waals surface area (Å²) in [4.78, 5) is 13.5. The lowest BCUT2D eigenvalue weighted by Crippen LogP contribution is -2.45. The Kier molecular flexibility index (Phi) is 4.25. The van der Waals surface area contributed by atoms with Crippen LogP contribution in [-0.2, 0) is 4.79 Å². The van der Waals surface area contributed by atoms with Crippen molar-refractivity contribution in [3.63, 3.8) is 0 Å². The molecular weight excluding hydrogens is 238 g/mol. The molecule has 1 aromatic carbocycles. The van der Waals surface area contributed by atoms with Crippen molar-refractivity contribution in [2.75, 3.05) is 6.54 Å². The molecule has 0 saturated carbocycles. The summed E-state index contributed by atoms with van der Waals surface area (Å²) in [6.07, 6.45) is 2.89. The van der Waals surface area contributed by atoms with Gasteiger partial charge >= 0.3 is 5.97 Å². The van der Waals surface area contributed by atoms with Gasteiger partial charge in [0.2, 0.25) is 0 Å². The highest BCUT2D eigenvalue weighted by atomic mass is 16.4. The van der Waals surface area contributed by atoms with Gasteiger partial charge in [0, 0.05) is 6.04 Å². The van der Waals surface area contributed by atoms with Crippen LogP contribution in [0, 0.1) is 13.8 Å². The molecule has 1 saturated heterocycles. The summed E-state index contributed by atoms with van der Waals surface area (Å²) >= 11 is 0. The topological polar surface area (TPSA) is 40.5 Å². The van der Waals surface area contributed by atoms with Crippen molar-refractivity contribution in [3.05, 3.63) is 34.9 Å². The first-order valence-corrected chi connectivity index (χ1v) is 7.06. The van der Waals surface area contributed by atoms with E-state index in [1.165, 1.54) is 16.7 Å². The average Bonchev–Trinajstić information content (AvgIpc) is 2.41. The summed E-state index contributed by atoms with van der Waals surface area (Å²) in [5.74, 6) is -0.685. The van der Waals surface area contributed by atoms with Gasteiger partial charge in [0.25, 0.3) is 0 Å². The van der Waals surface area contributed by atoms with Crippen LogP contribution in [0.25, 0.3) is 0 Å². The molecule has 2 rings (SSSR count). The van der Waals surface area contributed by atoms with Gasteiger partial charge in [-0.2, -0.15) is 0 Å². The van der Waals surface area contributed by atoms with Crippen molar-refractivity contribution >= 4 is 5.97 Å². The summed E-state index contributed by atoms with van der Waals surface area (Å²) in [7, 11) is 0. The van der Waals surface area contributed by atoms with E-state index in [1.807, 2.05) is 0 Å². The monoisotopic (exact) mass is 261 g/mol. The molecule has 1 fully saturated rings. The van der Waals surface area contributed by atoms with Crippen LogP contribution in [0.3, 0.4) is 0 Å². The number of piperidine rings is 1. The minimum atomic E-state index is -0.685. The van der Waals surface area contributed by atoms with Crippen LogP contribution in [0.15, 0.2) is 18.2 Å². The number of rotatable bonds is 3. The molecule has 2 unspecified atom stereocenters. The van der Waals surface area contributed by atoms with E-state index in [-0.39, 0.29) is 12.1 Å². The van der Waals surface area contributed by atoms with Gasteiger partial charge in [0.15, 0.2) is 0 Å². The van der Waals surface area contributed by atoms with Gasteiger partial charge in [0.05, 0.1) is 0 Å². The number of nitrogens with zero attached hydrogens (tertiary/aromatic N) is 1. The highest BCUT2D eigenvalue weighted by Gasteiger charge is 2.32. The molecule has 0 aliphatic carbocycles. The maximum Gasteiger partial charge on any atom is 0.320 e. The second-order valence-corrected chi connectivity index (χ2v) is 5.61. The first kappa shape index (κ1) is 14.1. The van der Waals surface area contributed by atoms with Gasteiger partial charge in [-0.3, -0.25) is 9.69 Å². The minimum absolute atomic E-state index is 0.167. The van der Waals surface area contributed by atoms with Gasteiger partial charge in [-0.25, -0.2) is 0 Å². The van der Waals surface area contributed by atoms with Crippen LogP contribution < -0.4 is 0 Å². The van der Waals surface area contributed by atoms with Crippen LogP contribution in [-0.4, -0.2) is 28.6 Å². The van der Waals surface area contributed by atoms with Crippen LogP contribution in [0.2, 0.25) is 0 Å². The fraction of sp³-hybridized carbons (Fsp3) is 0.562. The highest BCUT2D eigenvalue weighted by Crippen LogP contribution is 2.29. The molecule has 1 heterocycles. The Morgan fingerprint density at radius 2 is 2.05 bits per heavy atom. The molecule has 1 aromatic rings. The predicted molar refractivity (Wildman–Crippen MR) is 76.3 cm³/mol. The zero-order chi connectivity index (χ0) is 14.0. The Morgan fingerprint density at radius 1 is 1.32 bits per heavy atom. The van der Waals surface area contributed by atoms with Crippen molar-refractivity contribution in [1.29, 1.82) is 0 Å². The fourth-order valence-corrected chi connectivity index (χ4v) is 2.90. The summed E-state index contributed by atoms with van der Waals surface area (Å²) in [6, 6.07) is 6.28. The SMILES string of the molecule is Cc1ccc(C(C)N2CCCCC2C(=O)O)cc1C. The summed E-state index contributed by atoms with van der Waals surface area (Å²) in [6.45, 7) is 7.21. The molecule has 104 valence electrons. The lowest BCUT2D eigenvalue weighted by Gasteiger charge is -2.37. The molecular formula is C16H23NO2. The number of benzene rings is 1. The number of aryl methyl sites for hydroxylation is 2. The van der Waals surface area contributed by atoms with Crippen LogP contribution >= 0.6 is 0 Å². The number of aliphatic carboxylic acids is 1.